The van der Waals surface area contributed by atoms with Crippen molar-refractivity contribution in [3.63, 3.8) is 0 Å². The van der Waals surface area contributed by atoms with Gasteiger partial charge in [-0.25, -0.2) is 0 Å². The molecule has 0 fully saturated rings. The number of benzene rings is 2. The summed E-state index contributed by atoms with van der Waals surface area (Å²) in [6.45, 7) is 22.0. The lowest BCUT2D eigenvalue weighted by Crippen LogP contribution is -2.17. The molecule has 0 saturated heterocycles. The van der Waals surface area contributed by atoms with E-state index >= 15 is 0 Å². The van der Waals surface area contributed by atoms with Crippen LogP contribution in [-0.2, 0) is 20.8 Å². The van der Waals surface area contributed by atoms with Crippen LogP contribution in [0.2, 0.25) is 0 Å². The Labute approximate surface area is 185 Å². The fourth-order valence-electron chi connectivity index (χ4n) is 3.13. The second-order valence-corrected chi connectivity index (χ2v) is 12.2. The van der Waals surface area contributed by atoms with Crippen LogP contribution in [0.1, 0.15) is 84.6 Å². The Hall–Kier alpha value is -1.57. The highest BCUT2D eigenvalue weighted by molar-refractivity contribution is 7.42. The second-order valence-electron chi connectivity index (χ2n) is 11.0. The van der Waals surface area contributed by atoms with Crippen molar-refractivity contribution in [2.45, 2.75) is 85.5 Å². The van der Waals surface area contributed by atoms with Crippen molar-refractivity contribution in [2.75, 3.05) is 7.11 Å². The minimum absolute atomic E-state index is 0.0599. The maximum Gasteiger partial charge on any atom is 0.462 e. The molecule has 0 radical (unpaired) electrons. The summed E-state index contributed by atoms with van der Waals surface area (Å²) in [4.78, 5) is 0. The van der Waals surface area contributed by atoms with E-state index in [4.69, 9.17) is 13.6 Å². The highest BCUT2D eigenvalue weighted by Crippen LogP contribution is 2.46. The smallest absolute Gasteiger partial charge is 0.417 e. The highest BCUT2D eigenvalue weighted by Gasteiger charge is 2.26. The lowest BCUT2D eigenvalue weighted by atomic mass is 9.80. The Morgan fingerprint density at radius 3 is 1.53 bits per heavy atom. The fraction of sp³-hybridized carbons (Fsp3) is 0.538. The molecule has 0 spiro atoms. The number of hydrogen-bond donors (Lipinski definition) is 0. The Morgan fingerprint density at radius 1 is 0.633 bits per heavy atom. The van der Waals surface area contributed by atoms with Crippen LogP contribution in [0.3, 0.4) is 0 Å². The third kappa shape index (κ3) is 6.22. The van der Waals surface area contributed by atoms with Crippen molar-refractivity contribution >= 4 is 8.60 Å². The monoisotopic (exact) mass is 430 g/mol. The van der Waals surface area contributed by atoms with E-state index in [2.05, 4.69) is 99.6 Å². The molecule has 0 heterocycles. The molecule has 2 aromatic carbocycles. The van der Waals surface area contributed by atoms with Crippen LogP contribution in [0.4, 0.5) is 0 Å². The standard InChI is InChI=1S/C26H39O3P/c1-18-16-19(24(2,3)4)12-14-22(18)28-30(27-11)29-23-15-13-20(25(5,6)7)17-21(23)26(8,9)10/h12-17H,1-11H3. The quantitative estimate of drug-likeness (QED) is 0.447. The molecule has 30 heavy (non-hydrogen) atoms. The highest BCUT2D eigenvalue weighted by atomic mass is 31.2. The van der Waals surface area contributed by atoms with Gasteiger partial charge in [-0.2, -0.15) is 0 Å². The summed E-state index contributed by atoms with van der Waals surface area (Å²) >= 11 is 0. The van der Waals surface area contributed by atoms with Gasteiger partial charge in [0.15, 0.2) is 0 Å². The Morgan fingerprint density at radius 2 is 1.10 bits per heavy atom. The van der Waals surface area contributed by atoms with Crippen LogP contribution in [0.15, 0.2) is 36.4 Å². The van der Waals surface area contributed by atoms with E-state index in [9.17, 15) is 0 Å². The van der Waals surface area contributed by atoms with Crippen LogP contribution in [0.5, 0.6) is 11.5 Å². The third-order valence-electron chi connectivity index (χ3n) is 5.19. The zero-order chi connectivity index (χ0) is 22.9. The van der Waals surface area contributed by atoms with E-state index < -0.39 is 8.60 Å². The van der Waals surface area contributed by atoms with E-state index in [1.807, 2.05) is 6.07 Å². The largest absolute Gasteiger partial charge is 0.462 e. The summed E-state index contributed by atoms with van der Waals surface area (Å²) in [5.74, 6) is 1.60. The molecule has 0 aliphatic heterocycles. The maximum absolute atomic E-state index is 6.27. The van der Waals surface area contributed by atoms with Gasteiger partial charge in [-0.05, 0) is 52.0 Å². The van der Waals surface area contributed by atoms with Gasteiger partial charge in [0, 0.05) is 12.7 Å². The first kappa shape index (κ1) is 24.7. The summed E-state index contributed by atoms with van der Waals surface area (Å²) in [5.41, 5.74) is 4.92. The average molecular weight is 431 g/mol. The zero-order valence-corrected chi connectivity index (χ0v) is 21.5. The summed E-state index contributed by atoms with van der Waals surface area (Å²) in [6, 6.07) is 12.7. The SMILES string of the molecule is COP(Oc1ccc(C(C)(C)C)cc1C)Oc1ccc(C(C)(C)C)cc1C(C)(C)C. The van der Waals surface area contributed by atoms with Gasteiger partial charge in [0.05, 0.1) is 0 Å². The fourth-order valence-corrected chi connectivity index (χ4v) is 4.01. The molecule has 0 saturated carbocycles. The molecule has 0 bridgehead atoms. The van der Waals surface area contributed by atoms with Gasteiger partial charge in [0.25, 0.3) is 0 Å². The molecule has 0 aliphatic carbocycles. The van der Waals surface area contributed by atoms with Gasteiger partial charge in [-0.3, -0.25) is 4.52 Å². The van der Waals surface area contributed by atoms with E-state index in [0.717, 1.165) is 22.6 Å². The minimum Gasteiger partial charge on any atom is -0.417 e. The van der Waals surface area contributed by atoms with Gasteiger partial charge in [0.2, 0.25) is 0 Å². The number of aryl methyl sites for hydroxylation is 1. The van der Waals surface area contributed by atoms with Crippen molar-refractivity contribution in [1.82, 2.24) is 0 Å². The van der Waals surface area contributed by atoms with Crippen molar-refractivity contribution in [2.24, 2.45) is 0 Å². The predicted molar refractivity (Wildman–Crippen MR) is 129 cm³/mol. The Bertz CT molecular complexity index is 867. The van der Waals surface area contributed by atoms with Crippen LogP contribution in [0.25, 0.3) is 0 Å². The normalized spacial score (nSPS) is 13.8. The predicted octanol–water partition coefficient (Wildman–Crippen LogP) is 8.22. The van der Waals surface area contributed by atoms with Crippen molar-refractivity contribution < 1.29 is 13.6 Å². The molecular formula is C26H39O3P. The summed E-state index contributed by atoms with van der Waals surface area (Å²) < 4.78 is 18.0. The molecule has 3 nitrogen and oxygen atoms in total. The van der Waals surface area contributed by atoms with Gasteiger partial charge in [-0.1, -0.05) is 86.6 Å². The lowest BCUT2D eigenvalue weighted by molar-refractivity contribution is 0.319. The van der Waals surface area contributed by atoms with Gasteiger partial charge < -0.3 is 9.05 Å². The molecule has 4 heteroatoms. The molecule has 0 N–H and O–H groups in total. The van der Waals surface area contributed by atoms with E-state index in [-0.39, 0.29) is 16.2 Å². The molecule has 2 rings (SSSR count). The molecular weight excluding hydrogens is 391 g/mol. The number of rotatable bonds is 5. The van der Waals surface area contributed by atoms with Crippen LogP contribution in [0, 0.1) is 6.92 Å². The first-order valence-corrected chi connectivity index (χ1v) is 11.7. The van der Waals surface area contributed by atoms with Gasteiger partial charge in [0.1, 0.15) is 11.5 Å². The summed E-state index contributed by atoms with van der Waals surface area (Å²) in [6.07, 6.45) is 0. The average Bonchev–Trinajstić information content (AvgIpc) is 2.60. The zero-order valence-electron chi connectivity index (χ0n) is 20.6. The van der Waals surface area contributed by atoms with Crippen molar-refractivity contribution in [1.29, 1.82) is 0 Å². The lowest BCUT2D eigenvalue weighted by Gasteiger charge is -2.28. The third-order valence-corrected chi connectivity index (χ3v) is 6.18. The molecule has 0 aromatic heterocycles. The van der Waals surface area contributed by atoms with Crippen LogP contribution >= 0.6 is 8.60 Å². The van der Waals surface area contributed by atoms with Crippen LogP contribution < -0.4 is 9.05 Å². The molecule has 0 amide bonds. The Kier molecular flexibility index (Phi) is 7.32. The molecule has 2 aromatic rings. The summed E-state index contributed by atoms with van der Waals surface area (Å²) in [5, 5.41) is 0. The van der Waals surface area contributed by atoms with E-state index in [1.54, 1.807) is 7.11 Å². The first-order valence-electron chi connectivity index (χ1n) is 10.6. The van der Waals surface area contributed by atoms with Crippen molar-refractivity contribution in [3.8, 4) is 11.5 Å². The first-order chi connectivity index (χ1) is 13.6. The van der Waals surface area contributed by atoms with Gasteiger partial charge in [-0.15, -0.1) is 0 Å². The maximum atomic E-state index is 6.27. The van der Waals surface area contributed by atoms with Gasteiger partial charge >= 0.3 is 8.60 Å². The van der Waals surface area contributed by atoms with Crippen molar-refractivity contribution in [3.05, 3.63) is 58.7 Å². The minimum atomic E-state index is -1.57. The molecule has 1 unspecified atom stereocenters. The summed E-state index contributed by atoms with van der Waals surface area (Å²) in [7, 11) is 0.0638. The van der Waals surface area contributed by atoms with E-state index in [1.165, 1.54) is 11.1 Å². The number of hydrogen-bond acceptors (Lipinski definition) is 3. The van der Waals surface area contributed by atoms with Crippen LogP contribution in [-0.4, -0.2) is 7.11 Å². The van der Waals surface area contributed by atoms with E-state index in [0.29, 0.717) is 0 Å². The topological polar surface area (TPSA) is 27.7 Å². The molecule has 166 valence electrons. The Balaban J connectivity index is 2.32. The molecule has 1 atom stereocenters. The molecule has 0 aliphatic rings. The second kappa shape index (κ2) is 8.89.